The van der Waals surface area contributed by atoms with Crippen LogP contribution in [0.5, 0.6) is 5.75 Å². The second kappa shape index (κ2) is 7.62. The van der Waals surface area contributed by atoms with E-state index in [-0.39, 0.29) is 18.2 Å². The standard InChI is InChI=1S/C15H17F4N3O/c16-14(17)15(18,19)23-12-3-1-11(2-4-12)13(5-6-20)22-9-7-21-8-10-22/h1-4,13-14,21H,5,7-10H2/t13-/m1/s1. The van der Waals surface area contributed by atoms with E-state index in [0.29, 0.717) is 0 Å². The second-order valence-electron chi connectivity index (χ2n) is 5.20. The largest absolute Gasteiger partial charge is 0.461 e. The van der Waals surface area contributed by atoms with Gasteiger partial charge in [0, 0.05) is 32.2 Å². The van der Waals surface area contributed by atoms with Gasteiger partial charge in [0.2, 0.25) is 0 Å². The normalized spacial score (nSPS) is 17.7. The summed E-state index contributed by atoms with van der Waals surface area (Å²) >= 11 is 0. The minimum atomic E-state index is -4.52. The van der Waals surface area contributed by atoms with Crippen molar-refractivity contribution < 1.29 is 22.3 Å². The molecule has 0 amide bonds. The van der Waals surface area contributed by atoms with E-state index < -0.39 is 12.5 Å². The minimum absolute atomic E-state index is 0.160. The van der Waals surface area contributed by atoms with Crippen molar-refractivity contribution in [2.24, 2.45) is 0 Å². The van der Waals surface area contributed by atoms with Crippen LogP contribution in [0.15, 0.2) is 24.3 Å². The first-order valence-corrected chi connectivity index (χ1v) is 7.20. The zero-order valence-electron chi connectivity index (χ0n) is 12.3. The van der Waals surface area contributed by atoms with E-state index in [1.807, 2.05) is 0 Å². The average molecular weight is 331 g/mol. The molecule has 0 aliphatic carbocycles. The van der Waals surface area contributed by atoms with Gasteiger partial charge < -0.3 is 10.1 Å². The fraction of sp³-hybridized carbons (Fsp3) is 0.533. The summed E-state index contributed by atoms with van der Waals surface area (Å²) in [6, 6.07) is 7.46. The molecule has 23 heavy (non-hydrogen) atoms. The van der Waals surface area contributed by atoms with Crippen molar-refractivity contribution >= 4 is 0 Å². The van der Waals surface area contributed by atoms with Crippen LogP contribution in [0.1, 0.15) is 18.0 Å². The van der Waals surface area contributed by atoms with Gasteiger partial charge in [0.1, 0.15) is 5.75 Å². The van der Waals surface area contributed by atoms with Crippen LogP contribution in [0.3, 0.4) is 0 Å². The van der Waals surface area contributed by atoms with Crippen molar-refractivity contribution in [2.45, 2.75) is 25.0 Å². The molecular formula is C15H17F4N3O. The van der Waals surface area contributed by atoms with Gasteiger partial charge in [0.25, 0.3) is 0 Å². The van der Waals surface area contributed by atoms with Gasteiger partial charge in [-0.2, -0.15) is 22.8 Å². The van der Waals surface area contributed by atoms with Gasteiger partial charge in [0.15, 0.2) is 0 Å². The van der Waals surface area contributed by atoms with Crippen LogP contribution >= 0.6 is 0 Å². The molecule has 0 radical (unpaired) electrons. The number of hydrogen-bond donors (Lipinski definition) is 1. The van der Waals surface area contributed by atoms with Crippen LogP contribution in [0.25, 0.3) is 0 Å². The summed E-state index contributed by atoms with van der Waals surface area (Å²) in [6.07, 6.45) is -8.16. The second-order valence-corrected chi connectivity index (χ2v) is 5.20. The van der Waals surface area contributed by atoms with E-state index in [9.17, 15) is 17.6 Å². The number of hydrogen-bond acceptors (Lipinski definition) is 4. The van der Waals surface area contributed by atoms with E-state index >= 15 is 0 Å². The van der Waals surface area contributed by atoms with Gasteiger partial charge in [0.05, 0.1) is 12.5 Å². The molecule has 0 spiro atoms. The maximum absolute atomic E-state index is 12.9. The van der Waals surface area contributed by atoms with Gasteiger partial charge in [-0.05, 0) is 17.7 Å². The molecule has 1 N–H and O–H groups in total. The number of halogens is 4. The topological polar surface area (TPSA) is 48.3 Å². The van der Waals surface area contributed by atoms with Crippen molar-refractivity contribution in [1.82, 2.24) is 10.2 Å². The number of alkyl halides is 4. The van der Waals surface area contributed by atoms with Crippen LogP contribution in [0, 0.1) is 11.3 Å². The van der Waals surface area contributed by atoms with E-state index in [4.69, 9.17) is 5.26 Å². The summed E-state index contributed by atoms with van der Waals surface area (Å²) in [5.41, 5.74) is 0.765. The zero-order chi connectivity index (χ0) is 16.9. The van der Waals surface area contributed by atoms with E-state index in [0.717, 1.165) is 31.7 Å². The molecule has 1 aromatic carbocycles. The van der Waals surface area contributed by atoms with Gasteiger partial charge in [-0.15, -0.1) is 0 Å². The molecule has 1 heterocycles. The first-order valence-electron chi connectivity index (χ1n) is 7.20. The lowest BCUT2D eigenvalue weighted by atomic mass is 10.0. The minimum Gasteiger partial charge on any atom is -0.428 e. The van der Waals surface area contributed by atoms with Crippen LogP contribution < -0.4 is 10.1 Å². The summed E-state index contributed by atoms with van der Waals surface area (Å²) in [5, 5.41) is 12.2. The average Bonchev–Trinajstić information content (AvgIpc) is 2.54. The Balaban J connectivity index is 2.11. The molecular weight excluding hydrogens is 314 g/mol. The lowest BCUT2D eigenvalue weighted by Gasteiger charge is -2.34. The highest BCUT2D eigenvalue weighted by Gasteiger charge is 2.43. The van der Waals surface area contributed by atoms with Crippen LogP contribution in [0.2, 0.25) is 0 Å². The summed E-state index contributed by atoms with van der Waals surface area (Å²) < 4.78 is 54.0. The number of piperazine rings is 1. The van der Waals surface area contributed by atoms with Gasteiger partial charge >= 0.3 is 12.5 Å². The number of benzene rings is 1. The molecule has 1 aliphatic rings. The number of ether oxygens (including phenoxy) is 1. The monoisotopic (exact) mass is 331 g/mol. The van der Waals surface area contributed by atoms with E-state index in [1.54, 1.807) is 0 Å². The molecule has 0 saturated carbocycles. The Bertz CT molecular complexity index is 539. The predicted octanol–water partition coefficient (Wildman–Crippen LogP) is 2.78. The van der Waals surface area contributed by atoms with Crippen molar-refractivity contribution in [3.05, 3.63) is 29.8 Å². The van der Waals surface area contributed by atoms with Crippen LogP contribution in [-0.2, 0) is 0 Å². The van der Waals surface area contributed by atoms with Crippen molar-refractivity contribution in [3.63, 3.8) is 0 Å². The fourth-order valence-electron chi connectivity index (χ4n) is 2.50. The molecule has 126 valence electrons. The Hall–Kier alpha value is -1.85. The summed E-state index contributed by atoms with van der Waals surface area (Å²) in [5.74, 6) is -0.338. The first kappa shape index (κ1) is 17.5. The van der Waals surface area contributed by atoms with Crippen molar-refractivity contribution in [2.75, 3.05) is 26.2 Å². The zero-order valence-corrected chi connectivity index (χ0v) is 12.3. The number of nitrogens with one attached hydrogen (secondary N) is 1. The third-order valence-corrected chi connectivity index (χ3v) is 3.65. The highest BCUT2D eigenvalue weighted by Crippen LogP contribution is 2.30. The van der Waals surface area contributed by atoms with Gasteiger partial charge in [-0.3, -0.25) is 4.90 Å². The summed E-state index contributed by atoms with van der Waals surface area (Å²) in [7, 11) is 0. The SMILES string of the molecule is N#CC[C@H](c1ccc(OC(F)(F)C(F)F)cc1)N1CCNCC1. The molecule has 4 nitrogen and oxygen atoms in total. The Morgan fingerprint density at radius 1 is 1.22 bits per heavy atom. The third-order valence-electron chi connectivity index (χ3n) is 3.65. The van der Waals surface area contributed by atoms with Crippen molar-refractivity contribution in [3.8, 4) is 11.8 Å². The molecule has 2 rings (SSSR count). The Labute approximate surface area is 131 Å². The molecule has 1 saturated heterocycles. The molecule has 1 atom stereocenters. The molecule has 0 aromatic heterocycles. The Morgan fingerprint density at radius 2 is 1.83 bits per heavy atom. The lowest BCUT2D eigenvalue weighted by Crippen LogP contribution is -2.45. The lowest BCUT2D eigenvalue weighted by molar-refractivity contribution is -0.253. The number of nitriles is 1. The van der Waals surface area contributed by atoms with Gasteiger partial charge in [-0.1, -0.05) is 12.1 Å². The first-order chi connectivity index (χ1) is 10.9. The molecule has 0 unspecified atom stereocenters. The smallest absolute Gasteiger partial charge is 0.428 e. The Morgan fingerprint density at radius 3 is 2.35 bits per heavy atom. The Kier molecular flexibility index (Phi) is 5.80. The maximum Gasteiger partial charge on any atom is 0.461 e. The highest BCUT2D eigenvalue weighted by atomic mass is 19.3. The molecule has 8 heteroatoms. The third kappa shape index (κ3) is 4.56. The highest BCUT2D eigenvalue weighted by molar-refractivity contribution is 5.30. The number of nitrogens with zero attached hydrogens (tertiary/aromatic N) is 2. The number of rotatable bonds is 6. The van der Waals surface area contributed by atoms with Crippen LogP contribution in [0.4, 0.5) is 17.6 Å². The quantitative estimate of drug-likeness (QED) is 0.815. The summed E-state index contributed by atoms with van der Waals surface area (Å²) in [6.45, 7) is 3.16. The fourth-order valence-corrected chi connectivity index (χ4v) is 2.50. The predicted molar refractivity (Wildman–Crippen MR) is 75.4 cm³/mol. The van der Waals surface area contributed by atoms with E-state index in [1.165, 1.54) is 24.3 Å². The molecule has 1 aromatic rings. The molecule has 0 bridgehead atoms. The summed E-state index contributed by atoms with van der Waals surface area (Å²) in [4.78, 5) is 2.13. The molecule has 1 fully saturated rings. The molecule has 1 aliphatic heterocycles. The maximum atomic E-state index is 12.9. The van der Waals surface area contributed by atoms with Gasteiger partial charge in [-0.25, -0.2) is 0 Å². The van der Waals surface area contributed by atoms with Crippen molar-refractivity contribution in [1.29, 1.82) is 5.26 Å². The van der Waals surface area contributed by atoms with E-state index in [2.05, 4.69) is 21.0 Å². The van der Waals surface area contributed by atoms with Crippen LogP contribution in [-0.4, -0.2) is 43.6 Å².